The summed E-state index contributed by atoms with van der Waals surface area (Å²) < 4.78 is 24.7. The summed E-state index contributed by atoms with van der Waals surface area (Å²) in [6, 6.07) is 20.5. The number of nitrogens with zero attached hydrogens (tertiary/aromatic N) is 3. The first-order valence-electron chi connectivity index (χ1n) is 11.1. The SMILES string of the molecule is CS(=O)(=O)c1ccc2nc(N(Cc3ccccc3)C(=O)c3cccc(N4C(=O)CCC4=O)c3)sc2c1. The Morgan fingerprint density at radius 2 is 1.69 bits per heavy atom. The van der Waals surface area contributed by atoms with E-state index in [4.69, 9.17) is 0 Å². The topological polar surface area (TPSA) is 105 Å². The summed E-state index contributed by atoms with van der Waals surface area (Å²) in [5.74, 6) is -0.945. The van der Waals surface area contributed by atoms with Gasteiger partial charge in [-0.2, -0.15) is 0 Å². The van der Waals surface area contributed by atoms with E-state index in [0.717, 1.165) is 16.7 Å². The molecule has 0 radical (unpaired) electrons. The number of amides is 3. The van der Waals surface area contributed by atoms with Crippen LogP contribution in [0.1, 0.15) is 28.8 Å². The number of imide groups is 1. The van der Waals surface area contributed by atoms with E-state index in [0.29, 0.717) is 26.6 Å². The van der Waals surface area contributed by atoms with Crippen LogP contribution in [0.3, 0.4) is 0 Å². The van der Waals surface area contributed by atoms with Crippen molar-refractivity contribution < 1.29 is 22.8 Å². The molecule has 0 aliphatic carbocycles. The predicted molar refractivity (Wildman–Crippen MR) is 138 cm³/mol. The van der Waals surface area contributed by atoms with Crippen LogP contribution < -0.4 is 9.80 Å². The Labute approximate surface area is 211 Å². The Morgan fingerprint density at radius 3 is 2.39 bits per heavy atom. The van der Waals surface area contributed by atoms with E-state index < -0.39 is 9.84 Å². The maximum atomic E-state index is 13.8. The molecule has 1 aromatic heterocycles. The van der Waals surface area contributed by atoms with Gasteiger partial charge in [0.05, 0.1) is 27.3 Å². The lowest BCUT2D eigenvalue weighted by atomic mass is 10.1. The van der Waals surface area contributed by atoms with Crippen LogP contribution >= 0.6 is 11.3 Å². The number of rotatable bonds is 6. The van der Waals surface area contributed by atoms with Crippen molar-refractivity contribution in [2.75, 3.05) is 16.1 Å². The zero-order valence-electron chi connectivity index (χ0n) is 19.2. The van der Waals surface area contributed by atoms with Gasteiger partial charge in [0.15, 0.2) is 15.0 Å². The van der Waals surface area contributed by atoms with E-state index in [-0.39, 0.29) is 42.0 Å². The van der Waals surface area contributed by atoms with Gasteiger partial charge in [0.2, 0.25) is 11.8 Å². The van der Waals surface area contributed by atoms with Crippen LogP contribution in [0, 0.1) is 0 Å². The number of hydrogen-bond donors (Lipinski definition) is 0. The largest absolute Gasteiger partial charge is 0.279 e. The van der Waals surface area contributed by atoms with Gasteiger partial charge in [0.25, 0.3) is 5.91 Å². The molecule has 0 atom stereocenters. The average Bonchev–Trinajstić information content (AvgIpc) is 3.44. The Morgan fingerprint density at radius 1 is 0.972 bits per heavy atom. The van der Waals surface area contributed by atoms with Crippen LogP contribution in [-0.4, -0.2) is 37.4 Å². The molecule has 5 rings (SSSR count). The number of anilines is 2. The molecule has 0 unspecified atom stereocenters. The molecule has 3 aromatic carbocycles. The lowest BCUT2D eigenvalue weighted by Crippen LogP contribution is -2.31. The number of sulfone groups is 1. The van der Waals surface area contributed by atoms with E-state index in [9.17, 15) is 22.8 Å². The zero-order valence-corrected chi connectivity index (χ0v) is 20.9. The van der Waals surface area contributed by atoms with Crippen molar-refractivity contribution in [3.63, 3.8) is 0 Å². The molecule has 4 aromatic rings. The Balaban J connectivity index is 1.56. The zero-order chi connectivity index (χ0) is 25.4. The summed E-state index contributed by atoms with van der Waals surface area (Å²) in [6.45, 7) is 0.226. The van der Waals surface area contributed by atoms with Crippen molar-refractivity contribution >= 4 is 59.9 Å². The number of carbonyl (C=O) groups is 3. The van der Waals surface area contributed by atoms with E-state index in [2.05, 4.69) is 4.98 Å². The van der Waals surface area contributed by atoms with E-state index in [1.807, 2.05) is 30.3 Å². The second kappa shape index (κ2) is 9.29. The normalized spacial score (nSPS) is 14.0. The molecule has 1 aliphatic heterocycles. The lowest BCUT2D eigenvalue weighted by Gasteiger charge is -2.21. The minimum atomic E-state index is -3.40. The first-order valence-corrected chi connectivity index (χ1v) is 13.8. The molecule has 182 valence electrons. The van der Waals surface area contributed by atoms with Crippen molar-refractivity contribution in [3.05, 3.63) is 83.9 Å². The van der Waals surface area contributed by atoms with Crippen molar-refractivity contribution in [2.24, 2.45) is 0 Å². The quantitative estimate of drug-likeness (QED) is 0.354. The molecule has 0 bridgehead atoms. The smallest absolute Gasteiger partial charge is 0.260 e. The predicted octanol–water partition coefficient (Wildman–Crippen LogP) is 4.20. The molecule has 10 heteroatoms. The minimum absolute atomic E-state index is 0.151. The van der Waals surface area contributed by atoms with E-state index >= 15 is 0 Å². The van der Waals surface area contributed by atoms with Crippen LogP contribution in [-0.2, 0) is 26.0 Å². The molecule has 36 heavy (non-hydrogen) atoms. The third kappa shape index (κ3) is 4.65. The van der Waals surface area contributed by atoms with Gasteiger partial charge in [0, 0.05) is 24.7 Å². The van der Waals surface area contributed by atoms with Gasteiger partial charge in [-0.05, 0) is 42.0 Å². The molecular formula is C26H21N3O5S2. The van der Waals surface area contributed by atoms with Gasteiger partial charge in [-0.3, -0.25) is 24.2 Å². The van der Waals surface area contributed by atoms with E-state index in [1.165, 1.54) is 28.4 Å². The fourth-order valence-electron chi connectivity index (χ4n) is 4.03. The highest BCUT2D eigenvalue weighted by molar-refractivity contribution is 7.90. The average molecular weight is 520 g/mol. The molecule has 1 saturated heterocycles. The van der Waals surface area contributed by atoms with Crippen LogP contribution in [0.4, 0.5) is 10.8 Å². The summed E-state index contributed by atoms with van der Waals surface area (Å²) in [6.07, 6.45) is 1.45. The molecule has 2 heterocycles. The Hall–Kier alpha value is -3.89. The molecule has 1 aliphatic rings. The van der Waals surface area contributed by atoms with Crippen LogP contribution in [0.5, 0.6) is 0 Å². The molecule has 1 fully saturated rings. The van der Waals surface area contributed by atoms with Gasteiger partial charge in [-0.1, -0.05) is 47.7 Å². The fraction of sp³-hybridized carbons (Fsp3) is 0.154. The van der Waals surface area contributed by atoms with E-state index in [1.54, 1.807) is 30.3 Å². The third-order valence-electron chi connectivity index (χ3n) is 5.84. The number of carbonyl (C=O) groups excluding carboxylic acids is 3. The number of aromatic nitrogens is 1. The number of hydrogen-bond acceptors (Lipinski definition) is 7. The minimum Gasteiger partial charge on any atom is -0.279 e. The van der Waals surface area contributed by atoms with Gasteiger partial charge in [-0.15, -0.1) is 0 Å². The van der Waals surface area contributed by atoms with Crippen molar-refractivity contribution in [3.8, 4) is 0 Å². The van der Waals surface area contributed by atoms with Crippen molar-refractivity contribution in [1.29, 1.82) is 0 Å². The van der Waals surface area contributed by atoms with Crippen molar-refractivity contribution in [2.45, 2.75) is 24.3 Å². The highest BCUT2D eigenvalue weighted by Gasteiger charge is 2.31. The number of benzene rings is 3. The maximum Gasteiger partial charge on any atom is 0.260 e. The lowest BCUT2D eigenvalue weighted by molar-refractivity contribution is -0.121. The summed E-state index contributed by atoms with van der Waals surface area (Å²) in [5.41, 5.74) is 2.11. The second-order valence-corrected chi connectivity index (χ2v) is 11.5. The summed E-state index contributed by atoms with van der Waals surface area (Å²) in [5, 5.41) is 0.406. The highest BCUT2D eigenvalue weighted by Crippen LogP contribution is 2.33. The van der Waals surface area contributed by atoms with Gasteiger partial charge >= 0.3 is 0 Å². The first-order chi connectivity index (χ1) is 17.2. The van der Waals surface area contributed by atoms with Crippen LogP contribution in [0.15, 0.2) is 77.7 Å². The maximum absolute atomic E-state index is 13.8. The fourth-order valence-corrected chi connectivity index (χ4v) is 5.75. The van der Waals surface area contributed by atoms with Crippen LogP contribution in [0.2, 0.25) is 0 Å². The second-order valence-electron chi connectivity index (χ2n) is 8.45. The third-order valence-corrected chi connectivity index (χ3v) is 7.99. The summed E-state index contributed by atoms with van der Waals surface area (Å²) in [4.78, 5) is 45.7. The Bertz CT molecular complexity index is 1600. The van der Waals surface area contributed by atoms with Crippen molar-refractivity contribution in [1.82, 2.24) is 4.98 Å². The Kier molecular flexibility index (Phi) is 6.15. The molecule has 8 nitrogen and oxygen atoms in total. The number of thiazole rings is 1. The first kappa shape index (κ1) is 23.8. The molecule has 3 amide bonds. The van der Waals surface area contributed by atoms with Gasteiger partial charge in [0.1, 0.15) is 0 Å². The van der Waals surface area contributed by atoms with Crippen LogP contribution in [0.25, 0.3) is 10.2 Å². The molecule has 0 spiro atoms. The monoisotopic (exact) mass is 519 g/mol. The molecular weight excluding hydrogens is 498 g/mol. The van der Waals surface area contributed by atoms with Gasteiger partial charge < -0.3 is 0 Å². The highest BCUT2D eigenvalue weighted by atomic mass is 32.2. The summed E-state index contributed by atoms with van der Waals surface area (Å²) >= 11 is 1.22. The number of fused-ring (bicyclic) bond motifs is 1. The summed E-state index contributed by atoms with van der Waals surface area (Å²) in [7, 11) is -3.40. The molecule has 0 N–H and O–H groups in total. The van der Waals surface area contributed by atoms with Gasteiger partial charge in [-0.25, -0.2) is 13.4 Å². The standard InChI is InChI=1S/C26H21N3O5S2/c1-36(33,34)20-10-11-21-22(15-20)35-26(27-21)28(16-17-6-3-2-4-7-17)25(32)18-8-5-9-19(14-18)29-23(30)12-13-24(29)31/h2-11,14-15H,12-13,16H2,1H3. The molecule has 0 saturated carbocycles.